The number of hydrogen-bond acceptors (Lipinski definition) is 6. The van der Waals surface area contributed by atoms with Crippen molar-refractivity contribution in [3.8, 4) is 0 Å². The summed E-state index contributed by atoms with van der Waals surface area (Å²) in [5.41, 5.74) is 6.07. The highest BCUT2D eigenvalue weighted by Crippen LogP contribution is 2.49. The van der Waals surface area contributed by atoms with Crippen LogP contribution in [0.3, 0.4) is 0 Å². The predicted octanol–water partition coefficient (Wildman–Crippen LogP) is 0.784. The lowest BCUT2D eigenvalue weighted by atomic mass is 10.1. The molecule has 0 aliphatic heterocycles. The van der Waals surface area contributed by atoms with Gasteiger partial charge >= 0.3 is 15.6 Å². The molecule has 1 rings (SSSR count). The van der Waals surface area contributed by atoms with Crippen LogP contribution in [-0.4, -0.2) is 25.9 Å². The van der Waals surface area contributed by atoms with Gasteiger partial charge in [-0.3, -0.25) is 9.05 Å². The summed E-state index contributed by atoms with van der Waals surface area (Å²) in [6.45, 7) is 0. The number of benzene rings is 1. The van der Waals surface area contributed by atoms with Crippen LogP contribution in [0.4, 0.5) is 5.69 Å². The number of para-hydroxylation sites is 1. The minimum atomic E-state index is -5.06. The molecule has 6 N–H and O–H groups in total. The van der Waals surface area contributed by atoms with Crippen molar-refractivity contribution in [3.63, 3.8) is 0 Å². The second-order valence-electron chi connectivity index (χ2n) is 3.63. The Kier molecular flexibility index (Phi) is 5.79. The van der Waals surface area contributed by atoms with Crippen LogP contribution in [0.5, 0.6) is 0 Å². The maximum Gasteiger partial charge on any atom is 0.471 e. The van der Waals surface area contributed by atoms with Gasteiger partial charge in [0.25, 0.3) is 0 Å². The molecule has 1 atom stereocenters. The first-order chi connectivity index (χ1) is 8.99. The van der Waals surface area contributed by atoms with E-state index in [4.69, 9.17) is 25.3 Å². The normalized spacial score (nSPS) is 14.5. The predicted molar refractivity (Wildman–Crippen MR) is 72.6 cm³/mol. The lowest BCUT2D eigenvalue weighted by Crippen LogP contribution is -2.21. The third kappa shape index (κ3) is 5.92. The van der Waals surface area contributed by atoms with Crippen molar-refractivity contribution in [2.45, 2.75) is 11.5 Å². The SMILES string of the molecule is Nc1ccccc1C(S)C(OP(=O)(O)O)OP(=O)(O)O. The molecule has 0 heterocycles. The summed E-state index contributed by atoms with van der Waals surface area (Å²) in [6.07, 6.45) is -2.00. The highest BCUT2D eigenvalue weighted by Gasteiger charge is 2.35. The molecule has 0 saturated heterocycles. The Labute approximate surface area is 119 Å². The van der Waals surface area contributed by atoms with E-state index in [1.807, 2.05) is 0 Å². The van der Waals surface area contributed by atoms with Gasteiger partial charge in [-0.25, -0.2) is 9.13 Å². The van der Waals surface area contributed by atoms with E-state index < -0.39 is 27.2 Å². The van der Waals surface area contributed by atoms with Crippen molar-refractivity contribution < 1.29 is 37.8 Å². The molecule has 1 aromatic rings. The van der Waals surface area contributed by atoms with Gasteiger partial charge in [0.1, 0.15) is 0 Å². The number of thiol groups is 1. The average molecular weight is 345 g/mol. The molecule has 0 bridgehead atoms. The van der Waals surface area contributed by atoms with Crippen molar-refractivity contribution in [2.75, 3.05) is 5.73 Å². The van der Waals surface area contributed by atoms with Gasteiger partial charge < -0.3 is 25.3 Å². The van der Waals surface area contributed by atoms with Crippen LogP contribution in [0, 0.1) is 0 Å². The van der Waals surface area contributed by atoms with Crippen molar-refractivity contribution in [3.05, 3.63) is 29.8 Å². The molecule has 20 heavy (non-hydrogen) atoms. The fourth-order valence-corrected chi connectivity index (χ4v) is 2.82. The minimum Gasteiger partial charge on any atom is -0.398 e. The van der Waals surface area contributed by atoms with Gasteiger partial charge in [0.2, 0.25) is 0 Å². The van der Waals surface area contributed by atoms with Crippen molar-refractivity contribution in [1.29, 1.82) is 0 Å². The van der Waals surface area contributed by atoms with Gasteiger partial charge in [-0.15, -0.1) is 0 Å². The first-order valence-electron chi connectivity index (χ1n) is 5.00. The number of phosphoric ester groups is 2. The van der Waals surface area contributed by atoms with Crippen LogP contribution in [0.1, 0.15) is 10.8 Å². The molecular formula is C8H13NO8P2S. The topological polar surface area (TPSA) is 160 Å². The molecular weight excluding hydrogens is 332 g/mol. The fourth-order valence-electron chi connectivity index (χ4n) is 1.33. The first-order valence-corrected chi connectivity index (χ1v) is 8.57. The molecule has 1 aromatic carbocycles. The van der Waals surface area contributed by atoms with Gasteiger partial charge in [-0.1, -0.05) is 18.2 Å². The number of nitrogens with two attached hydrogens (primary N) is 1. The van der Waals surface area contributed by atoms with Crippen LogP contribution in [0.2, 0.25) is 0 Å². The second-order valence-corrected chi connectivity index (χ2v) is 6.57. The summed E-state index contributed by atoms with van der Waals surface area (Å²) in [5.74, 6) is 0. The Hall–Kier alpha value is -0.410. The van der Waals surface area contributed by atoms with Gasteiger partial charge in [-0.2, -0.15) is 12.6 Å². The van der Waals surface area contributed by atoms with E-state index in [0.717, 1.165) is 0 Å². The van der Waals surface area contributed by atoms with E-state index in [1.54, 1.807) is 12.1 Å². The zero-order valence-corrected chi connectivity index (χ0v) is 12.5. The van der Waals surface area contributed by atoms with Crippen molar-refractivity contribution in [2.24, 2.45) is 0 Å². The molecule has 0 aromatic heterocycles. The molecule has 0 aliphatic carbocycles. The number of anilines is 1. The molecule has 0 aliphatic rings. The third-order valence-corrected chi connectivity index (χ3v) is 3.54. The van der Waals surface area contributed by atoms with E-state index in [0.29, 0.717) is 0 Å². The maximum absolute atomic E-state index is 10.8. The van der Waals surface area contributed by atoms with E-state index in [1.165, 1.54) is 12.1 Å². The molecule has 0 spiro atoms. The van der Waals surface area contributed by atoms with E-state index in [9.17, 15) is 9.13 Å². The summed E-state index contributed by atoms with van der Waals surface area (Å²) in [4.78, 5) is 35.0. The van der Waals surface area contributed by atoms with Gasteiger partial charge in [0.15, 0.2) is 6.29 Å². The molecule has 0 radical (unpaired) electrons. The molecule has 9 nitrogen and oxygen atoms in total. The highest BCUT2D eigenvalue weighted by molar-refractivity contribution is 7.80. The lowest BCUT2D eigenvalue weighted by molar-refractivity contribution is -0.0336. The van der Waals surface area contributed by atoms with E-state index in [2.05, 4.69) is 21.7 Å². The zero-order chi connectivity index (χ0) is 15.6. The van der Waals surface area contributed by atoms with Gasteiger partial charge in [0, 0.05) is 5.69 Å². The monoisotopic (exact) mass is 345 g/mol. The lowest BCUT2D eigenvalue weighted by Gasteiger charge is -2.24. The maximum atomic E-state index is 10.8. The van der Waals surface area contributed by atoms with Gasteiger partial charge in [-0.05, 0) is 11.6 Å². The Balaban J connectivity index is 3.07. The Bertz CT molecular complexity index is 533. The highest BCUT2D eigenvalue weighted by atomic mass is 32.1. The zero-order valence-electron chi connectivity index (χ0n) is 9.80. The standard InChI is InChI=1S/C8H13NO8P2S/c9-6-4-2-1-3-5(6)7(20)8(16-18(10,11)12)17-19(13,14)15/h1-4,7-8,20H,9H2,(H2,10,11,12)(H2,13,14,15). The van der Waals surface area contributed by atoms with Crippen LogP contribution in [-0.2, 0) is 18.2 Å². The average Bonchev–Trinajstić information content (AvgIpc) is 2.24. The smallest absolute Gasteiger partial charge is 0.398 e. The number of hydrogen-bond donors (Lipinski definition) is 6. The summed E-state index contributed by atoms with van der Waals surface area (Å²) in [5, 5.41) is -1.23. The molecule has 114 valence electrons. The number of phosphoric acid groups is 2. The quantitative estimate of drug-likeness (QED) is 0.189. The van der Waals surface area contributed by atoms with Crippen LogP contribution >= 0.6 is 28.3 Å². The first kappa shape index (κ1) is 17.6. The Morgan fingerprint density at radius 1 is 1.05 bits per heavy atom. The summed E-state index contributed by atoms with van der Waals surface area (Å²) < 4.78 is 30.1. The summed E-state index contributed by atoms with van der Waals surface area (Å²) >= 11 is 3.99. The van der Waals surface area contributed by atoms with Crippen molar-refractivity contribution in [1.82, 2.24) is 0 Å². The van der Waals surface area contributed by atoms with Crippen LogP contribution < -0.4 is 5.73 Å². The second kappa shape index (κ2) is 6.57. The summed E-state index contributed by atoms with van der Waals surface area (Å²) in [6, 6.07) is 6.08. The van der Waals surface area contributed by atoms with E-state index >= 15 is 0 Å². The molecule has 0 fully saturated rings. The largest absolute Gasteiger partial charge is 0.471 e. The Morgan fingerprint density at radius 3 is 1.90 bits per heavy atom. The molecule has 0 amide bonds. The molecule has 0 saturated carbocycles. The molecule has 12 heteroatoms. The van der Waals surface area contributed by atoms with Crippen LogP contribution in [0.25, 0.3) is 0 Å². The van der Waals surface area contributed by atoms with Crippen LogP contribution in [0.15, 0.2) is 24.3 Å². The van der Waals surface area contributed by atoms with Gasteiger partial charge in [0.05, 0.1) is 5.25 Å². The Morgan fingerprint density at radius 2 is 1.50 bits per heavy atom. The fraction of sp³-hybridized carbons (Fsp3) is 0.250. The number of rotatable bonds is 6. The van der Waals surface area contributed by atoms with Crippen molar-refractivity contribution >= 4 is 34.0 Å². The minimum absolute atomic E-state index is 0.195. The third-order valence-electron chi connectivity index (χ3n) is 2.05. The van der Waals surface area contributed by atoms with E-state index in [-0.39, 0.29) is 11.3 Å². The molecule has 1 unspecified atom stereocenters. The number of nitrogen functional groups attached to an aromatic ring is 1. The summed E-state index contributed by atoms with van der Waals surface area (Å²) in [7, 11) is -10.1.